The molecular weight excluding hydrogens is 492 g/mol. The van der Waals surface area contributed by atoms with E-state index in [-0.39, 0.29) is 17.5 Å². The lowest BCUT2D eigenvalue weighted by atomic mass is 10.0. The Balaban J connectivity index is 2.13. The van der Waals surface area contributed by atoms with Crippen molar-refractivity contribution in [2.75, 3.05) is 20.7 Å². The number of aryl methyl sites for hydroxylation is 2. The first-order chi connectivity index (χ1) is 15.1. The number of halogens is 1. The first-order valence-electron chi connectivity index (χ1n) is 10.2. The van der Waals surface area contributed by atoms with Gasteiger partial charge in [-0.1, -0.05) is 41.6 Å². The lowest BCUT2D eigenvalue weighted by Crippen LogP contribution is -2.13. The van der Waals surface area contributed by atoms with Gasteiger partial charge < -0.3 is 19.3 Å². The Kier molecular flexibility index (Phi) is 7.69. The molecule has 0 saturated carbocycles. The van der Waals surface area contributed by atoms with Crippen LogP contribution in [0.1, 0.15) is 44.5 Å². The Bertz CT molecular complexity index is 1170. The summed E-state index contributed by atoms with van der Waals surface area (Å²) in [5.41, 5.74) is 4.20. The van der Waals surface area contributed by atoms with Crippen LogP contribution in [0.4, 0.5) is 0 Å². The first-order valence-corrected chi connectivity index (χ1v) is 12.0. The van der Waals surface area contributed by atoms with Crippen LogP contribution in [-0.4, -0.2) is 46.4 Å². The molecule has 0 aliphatic carbocycles. The largest absolute Gasteiger partial charge is 0.506 e. The van der Waals surface area contributed by atoms with Gasteiger partial charge in [-0.15, -0.1) is 0 Å². The molecule has 1 heterocycles. The van der Waals surface area contributed by atoms with Crippen molar-refractivity contribution in [1.82, 2.24) is 9.47 Å². The third-order valence-electron chi connectivity index (χ3n) is 5.22. The highest BCUT2D eigenvalue weighted by Gasteiger charge is 2.27. The van der Waals surface area contributed by atoms with Crippen molar-refractivity contribution in [3.8, 4) is 5.75 Å². The number of carbonyl (C=O) groups excluding carboxylic acids is 2. The molecule has 0 atom stereocenters. The van der Waals surface area contributed by atoms with Crippen molar-refractivity contribution >= 4 is 49.7 Å². The molecule has 3 rings (SSSR count). The van der Waals surface area contributed by atoms with Gasteiger partial charge in [0.25, 0.3) is 0 Å². The highest BCUT2D eigenvalue weighted by molar-refractivity contribution is 9.10. The van der Waals surface area contributed by atoms with Gasteiger partial charge in [-0.25, -0.2) is 4.79 Å². The van der Waals surface area contributed by atoms with E-state index >= 15 is 0 Å². The van der Waals surface area contributed by atoms with E-state index in [1.807, 2.05) is 61.8 Å². The van der Waals surface area contributed by atoms with E-state index in [4.69, 9.17) is 4.74 Å². The number of thioether (sulfide) groups is 1. The van der Waals surface area contributed by atoms with Gasteiger partial charge in [0.05, 0.1) is 22.2 Å². The van der Waals surface area contributed by atoms with Crippen molar-refractivity contribution in [3.63, 3.8) is 0 Å². The van der Waals surface area contributed by atoms with Gasteiger partial charge in [0.15, 0.2) is 0 Å². The predicted molar refractivity (Wildman–Crippen MR) is 132 cm³/mol. The molecule has 0 fully saturated rings. The van der Waals surface area contributed by atoms with Gasteiger partial charge in [0.2, 0.25) is 5.12 Å². The summed E-state index contributed by atoms with van der Waals surface area (Å²) in [5, 5.41) is 11.4. The Hall–Kier alpha value is -2.29. The topological polar surface area (TPSA) is 71.8 Å². The summed E-state index contributed by atoms with van der Waals surface area (Å²) >= 11 is 4.58. The lowest BCUT2D eigenvalue weighted by Gasteiger charge is -2.15. The number of phenols is 1. The van der Waals surface area contributed by atoms with E-state index in [1.54, 1.807) is 13.0 Å². The molecule has 0 unspecified atom stereocenters. The van der Waals surface area contributed by atoms with Crippen molar-refractivity contribution in [2.24, 2.45) is 7.05 Å². The zero-order valence-corrected chi connectivity index (χ0v) is 21.3. The second-order valence-electron chi connectivity index (χ2n) is 7.86. The van der Waals surface area contributed by atoms with E-state index < -0.39 is 5.97 Å². The minimum Gasteiger partial charge on any atom is -0.506 e. The molecule has 3 aromatic rings. The number of rotatable bonds is 7. The van der Waals surface area contributed by atoms with E-state index in [0.29, 0.717) is 44.5 Å². The molecule has 2 aromatic carbocycles. The zero-order valence-electron chi connectivity index (χ0n) is 18.9. The average Bonchev–Trinajstić information content (AvgIpc) is 3.01. The van der Waals surface area contributed by atoms with Gasteiger partial charge in [0, 0.05) is 41.6 Å². The van der Waals surface area contributed by atoms with Crippen LogP contribution in [-0.2, 0) is 24.1 Å². The standard InChI is InChI=1S/C24H27BrN2O4S/c1-6-31-23(29)21-19(13-32-24(30)15-9-7-14(2)8-10-15)27(5)18-11-17(25)22(28)16(20(18)21)12-26(3)4/h7-11,28H,6,12-13H2,1-5H3. The molecule has 170 valence electrons. The molecule has 0 saturated heterocycles. The second-order valence-corrected chi connectivity index (χ2v) is 9.66. The summed E-state index contributed by atoms with van der Waals surface area (Å²) in [4.78, 5) is 27.7. The summed E-state index contributed by atoms with van der Waals surface area (Å²) in [5.74, 6) is -0.0678. The molecule has 1 aromatic heterocycles. The van der Waals surface area contributed by atoms with Crippen molar-refractivity contribution in [1.29, 1.82) is 0 Å². The smallest absolute Gasteiger partial charge is 0.340 e. The molecule has 6 nitrogen and oxygen atoms in total. The fraction of sp³-hybridized carbons (Fsp3) is 0.333. The number of aromatic nitrogens is 1. The molecule has 0 amide bonds. The molecule has 1 N–H and O–H groups in total. The molecule has 32 heavy (non-hydrogen) atoms. The highest BCUT2D eigenvalue weighted by atomic mass is 79.9. The lowest BCUT2D eigenvalue weighted by molar-refractivity contribution is 0.0527. The maximum Gasteiger partial charge on any atom is 0.340 e. The van der Waals surface area contributed by atoms with Crippen LogP contribution in [0.3, 0.4) is 0 Å². The van der Waals surface area contributed by atoms with Gasteiger partial charge in [-0.2, -0.15) is 0 Å². The number of nitrogens with zero attached hydrogens (tertiary/aromatic N) is 2. The van der Waals surface area contributed by atoms with Crippen LogP contribution < -0.4 is 0 Å². The Morgan fingerprint density at radius 1 is 1.22 bits per heavy atom. The summed E-state index contributed by atoms with van der Waals surface area (Å²) in [6.45, 7) is 4.40. The van der Waals surface area contributed by atoms with Crippen molar-refractivity contribution < 1.29 is 19.4 Å². The Morgan fingerprint density at radius 2 is 1.88 bits per heavy atom. The molecule has 0 radical (unpaired) electrons. The quantitative estimate of drug-likeness (QED) is 0.429. The van der Waals surface area contributed by atoms with Crippen LogP contribution in [0, 0.1) is 6.92 Å². The molecule has 8 heteroatoms. The van der Waals surface area contributed by atoms with Crippen LogP contribution >= 0.6 is 27.7 Å². The molecule has 0 spiro atoms. The number of benzene rings is 2. The van der Waals surface area contributed by atoms with Crippen LogP contribution in [0.15, 0.2) is 34.8 Å². The van der Waals surface area contributed by atoms with Crippen LogP contribution in [0.5, 0.6) is 5.75 Å². The number of fused-ring (bicyclic) bond motifs is 1. The van der Waals surface area contributed by atoms with Gasteiger partial charge >= 0.3 is 5.97 Å². The number of hydrogen-bond acceptors (Lipinski definition) is 6. The number of ether oxygens (including phenoxy) is 1. The van der Waals surface area contributed by atoms with Crippen molar-refractivity contribution in [2.45, 2.75) is 26.1 Å². The number of aromatic hydroxyl groups is 1. The van der Waals surface area contributed by atoms with Crippen LogP contribution in [0.2, 0.25) is 0 Å². The third-order valence-corrected chi connectivity index (χ3v) is 6.74. The highest BCUT2D eigenvalue weighted by Crippen LogP contribution is 2.40. The number of hydrogen-bond donors (Lipinski definition) is 1. The minimum absolute atomic E-state index is 0.0670. The Morgan fingerprint density at radius 3 is 2.47 bits per heavy atom. The summed E-state index contributed by atoms with van der Waals surface area (Å²) in [6.07, 6.45) is 0. The Labute approximate surface area is 200 Å². The number of carbonyl (C=O) groups is 2. The number of esters is 1. The summed E-state index contributed by atoms with van der Waals surface area (Å²) in [7, 11) is 5.66. The van der Waals surface area contributed by atoms with E-state index in [1.165, 1.54) is 0 Å². The monoisotopic (exact) mass is 518 g/mol. The maximum atomic E-state index is 13.0. The SMILES string of the molecule is CCOC(=O)c1c(CSC(=O)c2ccc(C)cc2)n(C)c2cc(Br)c(O)c(CN(C)C)c12. The fourth-order valence-corrected chi connectivity index (χ4v) is 5.01. The van der Waals surface area contributed by atoms with E-state index in [0.717, 1.165) is 22.8 Å². The van der Waals surface area contributed by atoms with Gasteiger partial charge in [-0.05, 0) is 49.9 Å². The van der Waals surface area contributed by atoms with Gasteiger partial charge in [0.1, 0.15) is 5.75 Å². The molecule has 0 bridgehead atoms. The van der Waals surface area contributed by atoms with E-state index in [2.05, 4.69) is 15.9 Å². The normalized spacial score (nSPS) is 11.3. The van der Waals surface area contributed by atoms with E-state index in [9.17, 15) is 14.7 Å². The summed E-state index contributed by atoms with van der Waals surface area (Å²) < 4.78 is 7.82. The predicted octanol–water partition coefficient (Wildman–Crippen LogP) is 5.27. The average molecular weight is 519 g/mol. The molecule has 0 aliphatic heterocycles. The van der Waals surface area contributed by atoms with Crippen LogP contribution in [0.25, 0.3) is 10.9 Å². The summed E-state index contributed by atoms with van der Waals surface area (Å²) in [6, 6.07) is 9.22. The third kappa shape index (κ3) is 4.87. The zero-order chi connectivity index (χ0) is 23.6. The first kappa shape index (κ1) is 24.4. The minimum atomic E-state index is -0.460. The maximum absolute atomic E-state index is 13.0. The second kappa shape index (κ2) is 10.1. The molecule has 0 aliphatic rings. The van der Waals surface area contributed by atoms with Gasteiger partial charge in [-0.3, -0.25) is 4.79 Å². The molecular formula is C24H27BrN2O4S. The van der Waals surface area contributed by atoms with Crippen molar-refractivity contribution in [3.05, 3.63) is 62.8 Å². The fourth-order valence-electron chi connectivity index (χ4n) is 3.65. The number of phenolic OH excluding ortho intramolecular Hbond substituents is 1.